The van der Waals surface area contributed by atoms with Gasteiger partial charge in [0.05, 0.1) is 16.8 Å². The summed E-state index contributed by atoms with van der Waals surface area (Å²) < 4.78 is 0. The van der Waals surface area contributed by atoms with Crippen LogP contribution < -0.4 is 9.80 Å². The molecule has 0 amide bonds. The molecule has 0 spiro atoms. The zero-order valence-electron chi connectivity index (χ0n) is 20.3. The monoisotopic (exact) mass is 474 g/mol. The van der Waals surface area contributed by atoms with Gasteiger partial charge in [0.15, 0.2) is 0 Å². The average molecular weight is 475 g/mol. The molecule has 2 nitrogen and oxygen atoms in total. The quantitative estimate of drug-likeness (QED) is 0.273. The lowest BCUT2D eigenvalue weighted by molar-refractivity contribution is 0.438. The maximum atomic E-state index is 4.07. The molecule has 0 saturated heterocycles. The van der Waals surface area contributed by atoms with Gasteiger partial charge >= 0.3 is 0 Å². The van der Waals surface area contributed by atoms with E-state index in [1.807, 2.05) is 17.8 Å². The largest absolute Gasteiger partial charge is 0.367 e. The standard InChI is InChI=1S/C32H30N2S/c1-4-20-34-28-19-18-24-14-8-9-15-25(24)31(28)35-30(34)21-29-32(2,22-23-12-6-5-7-13-23)26-16-10-11-17-27(26)33(29)3/h4-19,21,29H,1,20,22H2,2-3H3/b30-21-. The van der Waals surface area contributed by atoms with Gasteiger partial charge in [-0.2, -0.15) is 0 Å². The Morgan fingerprint density at radius 2 is 1.63 bits per heavy atom. The van der Waals surface area contributed by atoms with Crippen molar-refractivity contribution in [1.82, 2.24) is 0 Å². The molecule has 4 aromatic carbocycles. The Bertz CT molecular complexity index is 1440. The van der Waals surface area contributed by atoms with Crippen molar-refractivity contribution in [3.05, 3.63) is 126 Å². The maximum absolute atomic E-state index is 4.07. The van der Waals surface area contributed by atoms with Crippen molar-refractivity contribution >= 4 is 33.9 Å². The number of likely N-dealkylation sites (N-methyl/N-ethyl adjacent to an activating group) is 1. The molecule has 0 fully saturated rings. The van der Waals surface area contributed by atoms with Gasteiger partial charge in [0, 0.05) is 29.6 Å². The predicted octanol–water partition coefficient (Wildman–Crippen LogP) is 7.80. The Morgan fingerprint density at radius 1 is 0.886 bits per heavy atom. The fraction of sp³-hybridized carbons (Fsp3) is 0.188. The number of nitrogens with zero attached hydrogens (tertiary/aromatic N) is 2. The van der Waals surface area contributed by atoms with Crippen LogP contribution in [0.25, 0.3) is 10.8 Å². The van der Waals surface area contributed by atoms with E-state index in [0.29, 0.717) is 0 Å². The summed E-state index contributed by atoms with van der Waals surface area (Å²) in [5.74, 6) is 0. The van der Waals surface area contributed by atoms with Crippen molar-refractivity contribution in [1.29, 1.82) is 0 Å². The number of thioether (sulfide) groups is 1. The number of benzene rings is 4. The molecular weight excluding hydrogens is 444 g/mol. The van der Waals surface area contributed by atoms with Crippen molar-refractivity contribution < 1.29 is 0 Å². The fourth-order valence-corrected chi connectivity index (χ4v) is 7.19. The van der Waals surface area contributed by atoms with Gasteiger partial charge < -0.3 is 9.80 Å². The van der Waals surface area contributed by atoms with Gasteiger partial charge in [-0.1, -0.05) is 104 Å². The minimum Gasteiger partial charge on any atom is -0.367 e. The third kappa shape index (κ3) is 3.57. The number of rotatable bonds is 5. The van der Waals surface area contributed by atoms with Crippen molar-refractivity contribution in [2.75, 3.05) is 23.4 Å². The molecule has 35 heavy (non-hydrogen) atoms. The molecule has 0 saturated carbocycles. The molecule has 0 aromatic heterocycles. The second-order valence-electron chi connectivity index (χ2n) is 9.79. The van der Waals surface area contributed by atoms with Crippen molar-refractivity contribution in [2.24, 2.45) is 0 Å². The average Bonchev–Trinajstić information content (AvgIpc) is 3.34. The summed E-state index contributed by atoms with van der Waals surface area (Å²) in [4.78, 5) is 6.25. The van der Waals surface area contributed by atoms with Crippen LogP contribution in [0, 0.1) is 0 Å². The molecule has 2 unspecified atom stereocenters. The normalized spacial score (nSPS) is 22.0. The van der Waals surface area contributed by atoms with Gasteiger partial charge in [0.1, 0.15) is 0 Å². The minimum absolute atomic E-state index is 0.0447. The zero-order valence-corrected chi connectivity index (χ0v) is 21.1. The van der Waals surface area contributed by atoms with Crippen LogP contribution in [0.4, 0.5) is 11.4 Å². The Labute approximate surface area is 212 Å². The van der Waals surface area contributed by atoms with Crippen LogP contribution in [-0.4, -0.2) is 19.6 Å². The Morgan fingerprint density at radius 3 is 2.46 bits per heavy atom. The van der Waals surface area contributed by atoms with Crippen LogP contribution in [-0.2, 0) is 11.8 Å². The van der Waals surface area contributed by atoms with E-state index >= 15 is 0 Å². The summed E-state index contributed by atoms with van der Waals surface area (Å²) in [5.41, 5.74) is 5.36. The van der Waals surface area contributed by atoms with Crippen LogP contribution >= 0.6 is 11.8 Å². The summed E-state index contributed by atoms with van der Waals surface area (Å²) in [6.45, 7) is 7.30. The lowest BCUT2D eigenvalue weighted by atomic mass is 9.73. The summed E-state index contributed by atoms with van der Waals surface area (Å²) in [6.07, 6.45) is 5.51. The molecule has 174 valence electrons. The highest BCUT2D eigenvalue weighted by atomic mass is 32.2. The van der Waals surface area contributed by atoms with E-state index in [0.717, 1.165) is 13.0 Å². The predicted molar refractivity (Wildman–Crippen MR) is 152 cm³/mol. The second-order valence-corrected chi connectivity index (χ2v) is 10.8. The van der Waals surface area contributed by atoms with E-state index < -0.39 is 0 Å². The van der Waals surface area contributed by atoms with Crippen LogP contribution in [0.5, 0.6) is 0 Å². The van der Waals surface area contributed by atoms with E-state index in [2.05, 4.69) is 127 Å². The molecule has 2 aliphatic rings. The van der Waals surface area contributed by atoms with E-state index in [1.54, 1.807) is 0 Å². The minimum atomic E-state index is -0.0447. The number of anilines is 2. The first-order valence-corrected chi connectivity index (χ1v) is 13.1. The van der Waals surface area contributed by atoms with E-state index in [-0.39, 0.29) is 11.5 Å². The molecule has 4 aromatic rings. The fourth-order valence-electron chi connectivity index (χ4n) is 5.92. The lowest BCUT2D eigenvalue weighted by Gasteiger charge is -2.35. The van der Waals surface area contributed by atoms with Gasteiger partial charge in [0.2, 0.25) is 0 Å². The second kappa shape index (κ2) is 8.66. The van der Waals surface area contributed by atoms with Crippen LogP contribution in [0.2, 0.25) is 0 Å². The molecule has 2 heterocycles. The lowest BCUT2D eigenvalue weighted by Crippen LogP contribution is -2.42. The summed E-state index contributed by atoms with van der Waals surface area (Å²) in [7, 11) is 2.25. The molecule has 0 aliphatic carbocycles. The van der Waals surface area contributed by atoms with E-state index in [1.165, 1.54) is 43.2 Å². The highest BCUT2D eigenvalue weighted by Crippen LogP contribution is 2.52. The number of para-hydroxylation sites is 1. The third-order valence-corrected chi connectivity index (χ3v) is 8.82. The Balaban J connectivity index is 1.47. The zero-order chi connectivity index (χ0) is 24.0. The van der Waals surface area contributed by atoms with Gasteiger partial charge in [-0.3, -0.25) is 0 Å². The Hall–Kier alpha value is -3.43. The molecule has 3 heteroatoms. The van der Waals surface area contributed by atoms with Crippen LogP contribution in [0.15, 0.2) is 120 Å². The number of hydrogen-bond acceptors (Lipinski definition) is 3. The molecular formula is C32H30N2S. The molecule has 0 N–H and O–H groups in total. The van der Waals surface area contributed by atoms with Crippen LogP contribution in [0.3, 0.4) is 0 Å². The summed E-state index contributed by atoms with van der Waals surface area (Å²) >= 11 is 1.90. The van der Waals surface area contributed by atoms with Gasteiger partial charge in [-0.05, 0) is 46.5 Å². The maximum Gasteiger partial charge on any atom is 0.0785 e. The van der Waals surface area contributed by atoms with Crippen molar-refractivity contribution in [3.63, 3.8) is 0 Å². The summed E-state index contributed by atoms with van der Waals surface area (Å²) in [6, 6.07) is 33.3. The number of fused-ring (bicyclic) bond motifs is 4. The Kier molecular flexibility index (Phi) is 5.46. The van der Waals surface area contributed by atoms with Crippen molar-refractivity contribution in [3.8, 4) is 0 Å². The highest BCUT2D eigenvalue weighted by molar-refractivity contribution is 8.04. The molecule has 2 atom stereocenters. The first kappa shape index (κ1) is 22.1. The molecule has 0 radical (unpaired) electrons. The van der Waals surface area contributed by atoms with Gasteiger partial charge in [-0.15, -0.1) is 6.58 Å². The summed E-state index contributed by atoms with van der Waals surface area (Å²) in [5, 5.41) is 3.90. The topological polar surface area (TPSA) is 6.48 Å². The third-order valence-electron chi connectivity index (χ3n) is 7.62. The first-order valence-electron chi connectivity index (χ1n) is 12.3. The van der Waals surface area contributed by atoms with Crippen molar-refractivity contribution in [2.45, 2.75) is 29.7 Å². The molecule has 6 rings (SSSR count). The first-order chi connectivity index (χ1) is 17.1. The number of hydrogen-bond donors (Lipinski definition) is 0. The smallest absolute Gasteiger partial charge is 0.0785 e. The van der Waals surface area contributed by atoms with Gasteiger partial charge in [0.25, 0.3) is 0 Å². The SMILES string of the molecule is C=CCN1/C(=C/C2N(C)c3ccccc3C2(C)Cc2ccccc2)Sc2c1ccc1ccccc21. The van der Waals surface area contributed by atoms with Gasteiger partial charge in [-0.25, -0.2) is 0 Å². The van der Waals surface area contributed by atoms with E-state index in [4.69, 9.17) is 0 Å². The van der Waals surface area contributed by atoms with E-state index in [9.17, 15) is 0 Å². The molecule has 0 bridgehead atoms. The highest BCUT2D eigenvalue weighted by Gasteiger charge is 2.46. The molecule has 2 aliphatic heterocycles. The van der Waals surface area contributed by atoms with Crippen LogP contribution in [0.1, 0.15) is 18.1 Å².